The first-order valence-electron chi connectivity index (χ1n) is 11.2. The number of benzene rings is 2. The Hall–Kier alpha value is -2.66. The van der Waals surface area contributed by atoms with E-state index in [1.165, 1.54) is 37.9 Å². The molecule has 5 rings (SSSR count). The number of pyridine rings is 1. The van der Waals surface area contributed by atoms with Crippen molar-refractivity contribution in [2.75, 3.05) is 25.1 Å². The maximum Gasteiger partial charge on any atom is 0.186 e. The van der Waals surface area contributed by atoms with Gasteiger partial charge in [-0.2, -0.15) is 0 Å². The lowest BCUT2D eigenvalue weighted by Crippen LogP contribution is -2.22. The summed E-state index contributed by atoms with van der Waals surface area (Å²) in [7, 11) is 2.15. The zero-order valence-corrected chi connectivity index (χ0v) is 19.8. The molecular weight excluding hydrogens is 402 g/mol. The van der Waals surface area contributed by atoms with Crippen molar-refractivity contribution in [3.8, 4) is 16.9 Å². The molecule has 2 aromatic carbocycles. The van der Waals surface area contributed by atoms with Crippen molar-refractivity contribution >= 4 is 37.6 Å². The second-order valence-electron chi connectivity index (χ2n) is 8.92. The molecule has 0 N–H and O–H groups in total. The van der Waals surface area contributed by atoms with Gasteiger partial charge in [-0.15, -0.1) is 0 Å². The largest absolute Gasteiger partial charge is 0.493 e. The van der Waals surface area contributed by atoms with Crippen molar-refractivity contribution in [2.45, 2.75) is 40.5 Å². The maximum absolute atomic E-state index is 5.97. The molecule has 0 radical (unpaired) electrons. The van der Waals surface area contributed by atoms with Crippen LogP contribution in [0.1, 0.15) is 37.5 Å². The van der Waals surface area contributed by atoms with Crippen LogP contribution in [-0.4, -0.2) is 30.2 Å². The zero-order valence-electron chi connectivity index (χ0n) is 19.0. The van der Waals surface area contributed by atoms with Crippen molar-refractivity contribution in [2.24, 2.45) is 5.92 Å². The molecule has 1 aliphatic rings. The molecule has 0 aliphatic carbocycles. The maximum atomic E-state index is 5.97. The van der Waals surface area contributed by atoms with Gasteiger partial charge >= 0.3 is 0 Å². The highest BCUT2D eigenvalue weighted by molar-refractivity contribution is 7.22. The normalized spacial score (nSPS) is 13.2. The Morgan fingerprint density at radius 3 is 2.84 bits per heavy atom. The van der Waals surface area contributed by atoms with Crippen molar-refractivity contribution in [1.29, 1.82) is 0 Å². The number of hydrogen-bond acceptors (Lipinski definition) is 5. The van der Waals surface area contributed by atoms with Gasteiger partial charge in [0.15, 0.2) is 5.13 Å². The molecule has 1 aliphatic heterocycles. The first kappa shape index (κ1) is 20.3. The summed E-state index contributed by atoms with van der Waals surface area (Å²) in [4.78, 5) is 12.2. The van der Waals surface area contributed by atoms with E-state index >= 15 is 0 Å². The fourth-order valence-electron chi connectivity index (χ4n) is 4.86. The van der Waals surface area contributed by atoms with Crippen LogP contribution in [0.2, 0.25) is 0 Å². The van der Waals surface area contributed by atoms with Crippen LogP contribution >= 0.6 is 11.3 Å². The van der Waals surface area contributed by atoms with E-state index in [1.807, 2.05) is 6.20 Å². The summed E-state index contributed by atoms with van der Waals surface area (Å²) in [6.45, 7) is 10.7. The van der Waals surface area contributed by atoms with Gasteiger partial charge in [0.2, 0.25) is 0 Å². The van der Waals surface area contributed by atoms with E-state index in [0.717, 1.165) is 47.9 Å². The monoisotopic (exact) mass is 431 g/mol. The lowest BCUT2D eigenvalue weighted by atomic mass is 9.90. The van der Waals surface area contributed by atoms with Crippen molar-refractivity contribution in [3.63, 3.8) is 0 Å². The highest BCUT2D eigenvalue weighted by atomic mass is 32.1. The SMILES string of the molecule is CCc1c(C)cc2nc(N(C)CC(C)C)sc2c1-c1ccc2c3c(ccnc13)CCO2. The summed E-state index contributed by atoms with van der Waals surface area (Å²) in [5, 5.41) is 2.25. The first-order valence-corrected chi connectivity index (χ1v) is 12.0. The van der Waals surface area contributed by atoms with E-state index in [-0.39, 0.29) is 0 Å². The number of fused-ring (bicyclic) bond motifs is 1. The molecule has 0 amide bonds. The van der Waals surface area contributed by atoms with Crippen LogP contribution in [0, 0.1) is 12.8 Å². The number of hydrogen-bond donors (Lipinski definition) is 0. The van der Waals surface area contributed by atoms with Gasteiger partial charge in [0.05, 0.1) is 22.3 Å². The standard InChI is InChI=1S/C26H29N3OS/c1-6-18-16(4)13-20-25(31-26(28-20)29(5)14-15(2)3)23(18)19-7-8-21-22-17(10-12-30-21)9-11-27-24(19)22/h7-9,11,13,15H,6,10,12,14H2,1-5H3. The molecule has 0 saturated carbocycles. The smallest absolute Gasteiger partial charge is 0.186 e. The molecule has 0 bridgehead atoms. The van der Waals surface area contributed by atoms with E-state index in [9.17, 15) is 0 Å². The van der Waals surface area contributed by atoms with Crippen LogP contribution in [0.25, 0.3) is 32.2 Å². The number of aryl methyl sites for hydroxylation is 1. The van der Waals surface area contributed by atoms with Crippen molar-refractivity contribution in [3.05, 3.63) is 47.2 Å². The van der Waals surface area contributed by atoms with Crippen LogP contribution in [0.5, 0.6) is 5.75 Å². The first-order chi connectivity index (χ1) is 15.0. The predicted octanol–water partition coefficient (Wildman–Crippen LogP) is 6.41. The van der Waals surface area contributed by atoms with E-state index in [1.54, 1.807) is 11.3 Å². The quantitative estimate of drug-likeness (QED) is 0.366. The third-order valence-electron chi connectivity index (χ3n) is 6.16. The molecular formula is C26H29N3OS. The number of thiazole rings is 1. The number of nitrogens with zero attached hydrogens (tertiary/aromatic N) is 3. The number of rotatable bonds is 5. The fraction of sp³-hybridized carbons (Fsp3) is 0.385. The summed E-state index contributed by atoms with van der Waals surface area (Å²) in [5.74, 6) is 1.55. The molecule has 4 nitrogen and oxygen atoms in total. The average Bonchev–Trinajstić information content (AvgIpc) is 3.17. The molecule has 0 spiro atoms. The van der Waals surface area contributed by atoms with Gasteiger partial charge in [0.1, 0.15) is 5.75 Å². The second-order valence-corrected chi connectivity index (χ2v) is 9.90. The van der Waals surface area contributed by atoms with Gasteiger partial charge in [-0.05, 0) is 60.2 Å². The van der Waals surface area contributed by atoms with Crippen LogP contribution in [0.3, 0.4) is 0 Å². The Balaban J connectivity index is 1.80. The number of anilines is 1. The molecule has 0 unspecified atom stereocenters. The molecule has 160 valence electrons. The van der Waals surface area contributed by atoms with E-state index in [0.29, 0.717) is 5.92 Å². The fourth-order valence-corrected chi connectivity index (χ4v) is 5.96. The van der Waals surface area contributed by atoms with Crippen molar-refractivity contribution < 1.29 is 4.74 Å². The lowest BCUT2D eigenvalue weighted by molar-refractivity contribution is 0.318. The third kappa shape index (κ3) is 3.35. The van der Waals surface area contributed by atoms with Crippen LogP contribution in [0.4, 0.5) is 5.13 Å². The minimum Gasteiger partial charge on any atom is -0.493 e. The molecule has 4 aromatic rings. The Morgan fingerprint density at radius 2 is 2.06 bits per heavy atom. The number of ether oxygens (including phenoxy) is 1. The topological polar surface area (TPSA) is 38.2 Å². The summed E-state index contributed by atoms with van der Waals surface area (Å²) in [5.41, 5.74) is 8.62. The number of aromatic nitrogens is 2. The van der Waals surface area contributed by atoms with Gasteiger partial charge in [-0.3, -0.25) is 4.98 Å². The summed E-state index contributed by atoms with van der Waals surface area (Å²) >= 11 is 1.80. The summed E-state index contributed by atoms with van der Waals surface area (Å²) < 4.78 is 7.23. The molecule has 31 heavy (non-hydrogen) atoms. The minimum absolute atomic E-state index is 0.592. The Labute approximate surface area is 187 Å². The second kappa shape index (κ2) is 7.79. The Morgan fingerprint density at radius 1 is 1.23 bits per heavy atom. The van der Waals surface area contributed by atoms with Gasteiger partial charge in [-0.25, -0.2) is 4.98 Å². The van der Waals surface area contributed by atoms with Gasteiger partial charge in [0, 0.05) is 42.7 Å². The average molecular weight is 432 g/mol. The van der Waals surface area contributed by atoms with Crippen molar-refractivity contribution in [1.82, 2.24) is 9.97 Å². The van der Waals surface area contributed by atoms with E-state index < -0.39 is 0 Å². The minimum atomic E-state index is 0.592. The molecule has 3 heterocycles. The Kier molecular flexibility index (Phi) is 5.09. The van der Waals surface area contributed by atoms with E-state index in [2.05, 4.69) is 63.9 Å². The predicted molar refractivity (Wildman–Crippen MR) is 132 cm³/mol. The highest BCUT2D eigenvalue weighted by Crippen LogP contribution is 2.44. The highest BCUT2D eigenvalue weighted by Gasteiger charge is 2.22. The Bertz CT molecular complexity index is 1280. The molecule has 5 heteroatoms. The molecule has 0 saturated heterocycles. The van der Waals surface area contributed by atoms with Gasteiger partial charge in [0.25, 0.3) is 0 Å². The summed E-state index contributed by atoms with van der Waals surface area (Å²) in [6.07, 6.45) is 3.86. The van der Waals surface area contributed by atoms with Crippen LogP contribution < -0.4 is 9.64 Å². The molecule has 0 fully saturated rings. The van der Waals surface area contributed by atoms with Crippen LogP contribution in [0.15, 0.2) is 30.5 Å². The lowest BCUT2D eigenvalue weighted by Gasteiger charge is -2.21. The zero-order chi connectivity index (χ0) is 21.7. The summed E-state index contributed by atoms with van der Waals surface area (Å²) in [6, 6.07) is 8.71. The van der Waals surface area contributed by atoms with Gasteiger partial charge in [-0.1, -0.05) is 32.1 Å². The van der Waals surface area contributed by atoms with E-state index in [4.69, 9.17) is 14.7 Å². The van der Waals surface area contributed by atoms with Gasteiger partial charge < -0.3 is 9.64 Å². The third-order valence-corrected chi connectivity index (χ3v) is 7.36. The molecule has 0 atom stereocenters. The van der Waals surface area contributed by atoms with Crippen LogP contribution in [-0.2, 0) is 12.8 Å². The molecule has 2 aromatic heterocycles.